The van der Waals surface area contributed by atoms with Crippen LogP contribution in [0.5, 0.6) is 0 Å². The molecule has 1 N–H and O–H groups in total. The number of carbonyl (C=O) groups excluding carboxylic acids is 1. The molecule has 3 aromatic rings. The Morgan fingerprint density at radius 1 is 1.10 bits per heavy atom. The van der Waals surface area contributed by atoms with Crippen LogP contribution in [0.25, 0.3) is 0 Å². The third-order valence-electron chi connectivity index (χ3n) is 5.08. The molecule has 7 heteroatoms. The van der Waals surface area contributed by atoms with Crippen LogP contribution in [0.4, 0.5) is 6.01 Å². The lowest BCUT2D eigenvalue weighted by Crippen LogP contribution is -2.32. The van der Waals surface area contributed by atoms with Crippen LogP contribution in [0.15, 0.2) is 52.9 Å². The molecule has 1 atom stereocenters. The lowest BCUT2D eigenvalue weighted by molar-refractivity contribution is 0.0930. The number of benzene rings is 2. The Labute approximate surface area is 181 Å². The lowest BCUT2D eigenvalue weighted by Gasteiger charge is -2.24. The first-order chi connectivity index (χ1) is 14.6. The van der Waals surface area contributed by atoms with Gasteiger partial charge in [0.1, 0.15) is 6.04 Å². The van der Waals surface area contributed by atoms with Gasteiger partial charge in [0.2, 0.25) is 5.89 Å². The molecule has 0 radical (unpaired) electrons. The van der Waals surface area contributed by atoms with Gasteiger partial charge < -0.3 is 14.6 Å². The number of thioether (sulfide) groups is 1. The van der Waals surface area contributed by atoms with Crippen molar-refractivity contribution in [1.29, 1.82) is 0 Å². The highest BCUT2D eigenvalue weighted by molar-refractivity contribution is 7.99. The summed E-state index contributed by atoms with van der Waals surface area (Å²) >= 11 is 1.93. The number of carbonyl (C=O) groups is 1. The maximum absolute atomic E-state index is 13.0. The van der Waals surface area contributed by atoms with E-state index in [0.29, 0.717) is 23.9 Å². The molecule has 0 saturated carbocycles. The summed E-state index contributed by atoms with van der Waals surface area (Å²) < 4.78 is 6.02. The molecular weight excluding hydrogens is 396 g/mol. The van der Waals surface area contributed by atoms with E-state index in [0.717, 1.165) is 41.3 Å². The summed E-state index contributed by atoms with van der Waals surface area (Å²) in [6, 6.07) is 16.0. The molecule has 1 aliphatic rings. The average Bonchev–Trinajstić information content (AvgIpc) is 3.24. The zero-order valence-electron chi connectivity index (χ0n) is 17.3. The second-order valence-corrected chi connectivity index (χ2v) is 8.84. The van der Waals surface area contributed by atoms with Crippen LogP contribution in [0.1, 0.15) is 39.0 Å². The predicted octanol–water partition coefficient (Wildman–Crippen LogP) is 3.95. The number of aryl methyl sites for hydroxylation is 2. The number of aromatic nitrogens is 2. The molecule has 1 fully saturated rings. The summed E-state index contributed by atoms with van der Waals surface area (Å²) in [7, 11) is 0. The zero-order chi connectivity index (χ0) is 20.9. The van der Waals surface area contributed by atoms with Crippen LogP contribution >= 0.6 is 11.8 Å². The van der Waals surface area contributed by atoms with Crippen LogP contribution in [0.2, 0.25) is 0 Å². The maximum Gasteiger partial charge on any atom is 0.318 e. The summed E-state index contributed by atoms with van der Waals surface area (Å²) in [6.07, 6.45) is 0.578. The fourth-order valence-electron chi connectivity index (χ4n) is 3.65. The predicted molar refractivity (Wildman–Crippen MR) is 120 cm³/mol. The molecule has 4 rings (SSSR count). The molecule has 0 bridgehead atoms. The molecule has 1 saturated heterocycles. The van der Waals surface area contributed by atoms with E-state index < -0.39 is 6.04 Å². The second-order valence-electron chi connectivity index (χ2n) is 7.61. The summed E-state index contributed by atoms with van der Waals surface area (Å²) in [5.74, 6) is 2.39. The number of nitrogens with zero attached hydrogens (tertiary/aromatic N) is 3. The van der Waals surface area contributed by atoms with Gasteiger partial charge in [-0.3, -0.25) is 4.79 Å². The van der Waals surface area contributed by atoms with Crippen LogP contribution in [0.3, 0.4) is 0 Å². The molecule has 30 heavy (non-hydrogen) atoms. The first-order valence-corrected chi connectivity index (χ1v) is 11.3. The molecule has 1 amide bonds. The molecular formula is C23H26N4O2S. The molecule has 2 heterocycles. The van der Waals surface area contributed by atoms with Crippen molar-refractivity contribution in [2.45, 2.75) is 26.3 Å². The Balaban J connectivity index is 1.58. The average molecular weight is 423 g/mol. The highest BCUT2D eigenvalue weighted by Crippen LogP contribution is 2.24. The molecule has 0 aliphatic carbocycles. The Bertz CT molecular complexity index is 979. The number of rotatable bonds is 6. The van der Waals surface area contributed by atoms with Crippen molar-refractivity contribution in [3.05, 3.63) is 76.7 Å². The van der Waals surface area contributed by atoms with Gasteiger partial charge in [0, 0.05) is 36.6 Å². The maximum atomic E-state index is 13.0. The number of hydrogen-bond acceptors (Lipinski definition) is 6. The van der Waals surface area contributed by atoms with Crippen LogP contribution in [-0.2, 0) is 6.42 Å². The Kier molecular flexibility index (Phi) is 6.38. The van der Waals surface area contributed by atoms with E-state index in [1.807, 2.05) is 68.1 Å². The van der Waals surface area contributed by atoms with Crippen molar-refractivity contribution in [3.63, 3.8) is 0 Å². The Morgan fingerprint density at radius 2 is 1.80 bits per heavy atom. The number of amides is 1. The van der Waals surface area contributed by atoms with Gasteiger partial charge in [-0.15, -0.1) is 5.10 Å². The smallest absolute Gasteiger partial charge is 0.318 e. The number of hydrogen-bond donors (Lipinski definition) is 1. The monoisotopic (exact) mass is 422 g/mol. The fraction of sp³-hybridized carbons (Fsp3) is 0.348. The van der Waals surface area contributed by atoms with Gasteiger partial charge >= 0.3 is 6.01 Å². The van der Waals surface area contributed by atoms with E-state index >= 15 is 0 Å². The molecule has 2 aromatic carbocycles. The summed E-state index contributed by atoms with van der Waals surface area (Å²) in [6.45, 7) is 5.77. The first-order valence-electron chi connectivity index (χ1n) is 10.2. The van der Waals surface area contributed by atoms with Crippen molar-refractivity contribution in [3.8, 4) is 0 Å². The second kappa shape index (κ2) is 9.34. The zero-order valence-corrected chi connectivity index (χ0v) is 18.1. The number of nitrogens with one attached hydrogen (secondary N) is 1. The number of anilines is 1. The first kappa shape index (κ1) is 20.5. The van der Waals surface area contributed by atoms with Gasteiger partial charge in [-0.25, -0.2) is 0 Å². The van der Waals surface area contributed by atoms with Crippen LogP contribution in [0, 0.1) is 13.8 Å². The molecule has 156 valence electrons. The van der Waals surface area contributed by atoms with E-state index in [9.17, 15) is 4.79 Å². The van der Waals surface area contributed by atoms with Gasteiger partial charge in [-0.05, 0) is 31.5 Å². The van der Waals surface area contributed by atoms with Gasteiger partial charge in [0.15, 0.2) is 0 Å². The highest BCUT2D eigenvalue weighted by atomic mass is 32.2. The van der Waals surface area contributed by atoms with Gasteiger partial charge in [0.25, 0.3) is 5.91 Å². The summed E-state index contributed by atoms with van der Waals surface area (Å²) in [4.78, 5) is 15.1. The Morgan fingerprint density at radius 3 is 2.50 bits per heavy atom. The van der Waals surface area contributed by atoms with Gasteiger partial charge in [-0.2, -0.15) is 11.8 Å². The quantitative estimate of drug-likeness (QED) is 0.649. The SMILES string of the molecule is Cc1cc(C)cc(C(=O)N[C@H](Cc2ccccc2)c2nnc(N3CCSCC3)o2)c1. The topological polar surface area (TPSA) is 71.3 Å². The van der Waals surface area contributed by atoms with E-state index in [-0.39, 0.29) is 5.91 Å². The lowest BCUT2D eigenvalue weighted by atomic mass is 10.0. The minimum atomic E-state index is -0.402. The standard InChI is InChI=1S/C23H26N4O2S/c1-16-12-17(2)14-19(13-16)21(28)24-20(15-18-6-4-3-5-7-18)22-25-26-23(29-22)27-8-10-30-11-9-27/h3-7,12-14,20H,8-11,15H2,1-2H3,(H,24,28)/t20-/m1/s1. The van der Waals surface area contributed by atoms with Crippen molar-refractivity contribution >= 4 is 23.7 Å². The minimum Gasteiger partial charge on any atom is -0.406 e. The fourth-order valence-corrected chi connectivity index (χ4v) is 4.55. The molecule has 1 aliphatic heterocycles. The minimum absolute atomic E-state index is 0.142. The van der Waals surface area contributed by atoms with Crippen LogP contribution in [-0.4, -0.2) is 40.7 Å². The van der Waals surface area contributed by atoms with Crippen molar-refractivity contribution in [1.82, 2.24) is 15.5 Å². The molecule has 0 unspecified atom stereocenters. The third-order valence-corrected chi connectivity index (χ3v) is 6.02. The van der Waals surface area contributed by atoms with E-state index in [1.165, 1.54) is 0 Å². The molecule has 1 aromatic heterocycles. The van der Waals surface area contributed by atoms with Crippen molar-refractivity contribution in [2.75, 3.05) is 29.5 Å². The third kappa shape index (κ3) is 5.02. The van der Waals surface area contributed by atoms with Gasteiger partial charge in [-0.1, -0.05) is 52.6 Å². The summed E-state index contributed by atoms with van der Waals surface area (Å²) in [5, 5.41) is 11.7. The van der Waals surface area contributed by atoms with Gasteiger partial charge in [0.05, 0.1) is 0 Å². The normalized spacial score (nSPS) is 15.1. The van der Waals surface area contributed by atoms with E-state index in [4.69, 9.17) is 4.42 Å². The largest absolute Gasteiger partial charge is 0.406 e. The highest BCUT2D eigenvalue weighted by Gasteiger charge is 2.25. The summed E-state index contributed by atoms with van der Waals surface area (Å²) in [5.41, 5.74) is 3.85. The Hall–Kier alpha value is -2.80. The van der Waals surface area contributed by atoms with Crippen molar-refractivity contribution in [2.24, 2.45) is 0 Å². The van der Waals surface area contributed by atoms with E-state index in [1.54, 1.807) is 0 Å². The molecule has 0 spiro atoms. The van der Waals surface area contributed by atoms with Crippen LogP contribution < -0.4 is 10.2 Å². The van der Waals surface area contributed by atoms with E-state index in [2.05, 4.69) is 26.5 Å². The molecule has 6 nitrogen and oxygen atoms in total. The van der Waals surface area contributed by atoms with Crippen molar-refractivity contribution < 1.29 is 9.21 Å².